The Morgan fingerprint density at radius 2 is 2.29 bits per heavy atom. The molecule has 5 heteroatoms. The first kappa shape index (κ1) is 14.3. The third-order valence-electron chi connectivity index (χ3n) is 3.73. The molecule has 3 aromatic rings. The van der Waals surface area contributed by atoms with Crippen molar-refractivity contribution in [1.29, 1.82) is 0 Å². The summed E-state index contributed by atoms with van der Waals surface area (Å²) in [4.78, 5) is 4.45. The molecule has 1 unspecified atom stereocenters. The SMILES string of the molecule is Cc1cccn2c(CNCC(C)(O)c3ccsc3)cnc12. The van der Waals surface area contributed by atoms with E-state index in [0.717, 1.165) is 22.5 Å². The van der Waals surface area contributed by atoms with Crippen LogP contribution in [0, 0.1) is 6.92 Å². The van der Waals surface area contributed by atoms with Gasteiger partial charge in [0.25, 0.3) is 0 Å². The van der Waals surface area contributed by atoms with Gasteiger partial charge in [0.2, 0.25) is 0 Å². The van der Waals surface area contributed by atoms with Crippen LogP contribution in [0.3, 0.4) is 0 Å². The van der Waals surface area contributed by atoms with E-state index in [1.54, 1.807) is 11.3 Å². The Morgan fingerprint density at radius 3 is 3.05 bits per heavy atom. The number of hydrogen-bond donors (Lipinski definition) is 2. The van der Waals surface area contributed by atoms with Gasteiger partial charge in [0.1, 0.15) is 5.65 Å². The third kappa shape index (κ3) is 2.85. The monoisotopic (exact) mass is 301 g/mol. The molecule has 3 heterocycles. The van der Waals surface area contributed by atoms with E-state index in [0.29, 0.717) is 13.1 Å². The lowest BCUT2D eigenvalue weighted by Crippen LogP contribution is -2.34. The highest BCUT2D eigenvalue weighted by Gasteiger charge is 2.22. The normalized spacial score (nSPS) is 14.4. The van der Waals surface area contributed by atoms with Gasteiger partial charge in [-0.05, 0) is 47.9 Å². The number of aryl methyl sites for hydroxylation is 1. The maximum Gasteiger partial charge on any atom is 0.139 e. The van der Waals surface area contributed by atoms with Crippen LogP contribution in [0.1, 0.15) is 23.7 Å². The number of aromatic nitrogens is 2. The van der Waals surface area contributed by atoms with Gasteiger partial charge < -0.3 is 14.8 Å². The molecule has 0 spiro atoms. The second kappa shape index (κ2) is 5.60. The molecule has 0 saturated heterocycles. The molecule has 0 aromatic carbocycles. The Bertz CT molecular complexity index is 731. The summed E-state index contributed by atoms with van der Waals surface area (Å²) >= 11 is 1.60. The molecule has 3 rings (SSSR count). The predicted octanol–water partition coefficient (Wildman–Crippen LogP) is 2.70. The maximum atomic E-state index is 10.5. The number of rotatable bonds is 5. The summed E-state index contributed by atoms with van der Waals surface area (Å²) in [5, 5.41) is 17.8. The lowest BCUT2D eigenvalue weighted by Gasteiger charge is -2.22. The number of hydrogen-bond acceptors (Lipinski definition) is 4. The maximum absolute atomic E-state index is 10.5. The third-order valence-corrected chi connectivity index (χ3v) is 4.41. The standard InChI is InChI=1S/C16H19N3OS/c1-12-4-3-6-19-14(9-18-15(12)19)8-17-11-16(2,20)13-5-7-21-10-13/h3-7,9-10,17,20H,8,11H2,1-2H3. The number of fused-ring (bicyclic) bond motifs is 1. The number of thiophene rings is 1. The van der Waals surface area contributed by atoms with Crippen molar-refractivity contribution >= 4 is 17.0 Å². The van der Waals surface area contributed by atoms with Crippen molar-refractivity contribution in [2.45, 2.75) is 26.0 Å². The molecule has 1 atom stereocenters. The smallest absolute Gasteiger partial charge is 0.139 e. The molecule has 3 aromatic heterocycles. The topological polar surface area (TPSA) is 49.6 Å². The second-order valence-electron chi connectivity index (χ2n) is 5.52. The van der Waals surface area contributed by atoms with Crippen molar-refractivity contribution in [3.63, 3.8) is 0 Å². The van der Waals surface area contributed by atoms with Crippen LogP contribution in [-0.2, 0) is 12.1 Å². The Hall–Kier alpha value is -1.69. The number of aliphatic hydroxyl groups is 1. The van der Waals surface area contributed by atoms with Gasteiger partial charge in [0.05, 0.1) is 17.5 Å². The minimum atomic E-state index is -0.851. The molecule has 4 nitrogen and oxygen atoms in total. The van der Waals surface area contributed by atoms with Crippen LogP contribution in [0.15, 0.2) is 41.4 Å². The highest BCUT2D eigenvalue weighted by molar-refractivity contribution is 7.08. The van der Waals surface area contributed by atoms with Gasteiger partial charge in [-0.2, -0.15) is 11.3 Å². The average molecular weight is 301 g/mol. The van der Waals surface area contributed by atoms with Gasteiger partial charge in [-0.3, -0.25) is 0 Å². The zero-order valence-corrected chi connectivity index (χ0v) is 13.0. The Kier molecular flexibility index (Phi) is 3.80. The van der Waals surface area contributed by atoms with Crippen LogP contribution in [0.5, 0.6) is 0 Å². The first-order chi connectivity index (χ1) is 10.1. The van der Waals surface area contributed by atoms with Crippen LogP contribution in [-0.4, -0.2) is 21.0 Å². The molecule has 2 N–H and O–H groups in total. The lowest BCUT2D eigenvalue weighted by atomic mass is 9.99. The molecule has 110 valence electrons. The number of nitrogens with one attached hydrogen (secondary N) is 1. The van der Waals surface area contributed by atoms with Gasteiger partial charge in [0, 0.05) is 19.3 Å². The van der Waals surface area contributed by atoms with Crippen molar-refractivity contribution < 1.29 is 5.11 Å². The lowest BCUT2D eigenvalue weighted by molar-refractivity contribution is 0.0570. The summed E-state index contributed by atoms with van der Waals surface area (Å²) in [6.45, 7) is 5.06. The Balaban J connectivity index is 1.69. The van der Waals surface area contributed by atoms with Gasteiger partial charge >= 0.3 is 0 Å². The molecular formula is C16H19N3OS. The van der Waals surface area contributed by atoms with Gasteiger partial charge in [0.15, 0.2) is 0 Å². The molecular weight excluding hydrogens is 282 g/mol. The zero-order valence-electron chi connectivity index (χ0n) is 12.2. The van der Waals surface area contributed by atoms with E-state index >= 15 is 0 Å². The minimum Gasteiger partial charge on any atom is -0.384 e. The summed E-state index contributed by atoms with van der Waals surface area (Å²) in [6.07, 6.45) is 3.90. The van der Waals surface area contributed by atoms with Crippen molar-refractivity contribution in [1.82, 2.24) is 14.7 Å². The second-order valence-corrected chi connectivity index (χ2v) is 6.30. The van der Waals surface area contributed by atoms with Crippen LogP contribution >= 0.6 is 11.3 Å². The summed E-state index contributed by atoms with van der Waals surface area (Å²) in [5.41, 5.74) is 3.34. The van der Waals surface area contributed by atoms with Crippen molar-refractivity contribution in [3.05, 3.63) is 58.2 Å². The molecule has 0 aliphatic rings. The molecule has 0 radical (unpaired) electrons. The van der Waals surface area contributed by atoms with Gasteiger partial charge in [-0.15, -0.1) is 0 Å². The van der Waals surface area contributed by atoms with E-state index in [1.165, 1.54) is 0 Å². The molecule has 0 aliphatic heterocycles. The summed E-state index contributed by atoms with van der Waals surface area (Å²) < 4.78 is 2.08. The predicted molar refractivity (Wildman–Crippen MR) is 85.5 cm³/mol. The number of imidazole rings is 1. The van der Waals surface area contributed by atoms with E-state index in [-0.39, 0.29) is 0 Å². The van der Waals surface area contributed by atoms with E-state index in [9.17, 15) is 5.11 Å². The van der Waals surface area contributed by atoms with E-state index in [4.69, 9.17) is 0 Å². The van der Waals surface area contributed by atoms with Crippen LogP contribution < -0.4 is 5.32 Å². The van der Waals surface area contributed by atoms with E-state index < -0.39 is 5.60 Å². The van der Waals surface area contributed by atoms with Gasteiger partial charge in [-0.25, -0.2) is 4.98 Å². The fraction of sp³-hybridized carbons (Fsp3) is 0.312. The fourth-order valence-electron chi connectivity index (χ4n) is 2.44. The fourth-order valence-corrected chi connectivity index (χ4v) is 3.22. The minimum absolute atomic E-state index is 0.503. The van der Waals surface area contributed by atoms with E-state index in [1.807, 2.05) is 42.2 Å². The van der Waals surface area contributed by atoms with Crippen LogP contribution in [0.2, 0.25) is 0 Å². The van der Waals surface area contributed by atoms with E-state index in [2.05, 4.69) is 27.7 Å². The number of nitrogens with zero attached hydrogens (tertiary/aromatic N) is 2. The molecule has 0 fully saturated rings. The highest BCUT2D eigenvalue weighted by Crippen LogP contribution is 2.22. The van der Waals surface area contributed by atoms with Gasteiger partial charge in [-0.1, -0.05) is 6.07 Å². The first-order valence-electron chi connectivity index (χ1n) is 6.95. The number of pyridine rings is 1. The Morgan fingerprint density at radius 1 is 1.43 bits per heavy atom. The zero-order chi connectivity index (χ0) is 14.9. The summed E-state index contributed by atoms with van der Waals surface area (Å²) in [5.74, 6) is 0. The first-order valence-corrected chi connectivity index (χ1v) is 7.89. The molecule has 21 heavy (non-hydrogen) atoms. The summed E-state index contributed by atoms with van der Waals surface area (Å²) in [6, 6.07) is 6.04. The highest BCUT2D eigenvalue weighted by atomic mass is 32.1. The van der Waals surface area contributed by atoms with Crippen LogP contribution in [0.25, 0.3) is 5.65 Å². The molecule has 0 bridgehead atoms. The van der Waals surface area contributed by atoms with Crippen molar-refractivity contribution in [2.24, 2.45) is 0 Å². The van der Waals surface area contributed by atoms with Crippen molar-refractivity contribution in [3.8, 4) is 0 Å². The average Bonchev–Trinajstić information content (AvgIpc) is 3.09. The largest absolute Gasteiger partial charge is 0.384 e. The van der Waals surface area contributed by atoms with Crippen molar-refractivity contribution in [2.75, 3.05) is 6.54 Å². The quantitative estimate of drug-likeness (QED) is 0.762. The summed E-state index contributed by atoms with van der Waals surface area (Å²) in [7, 11) is 0. The Labute approximate surface area is 128 Å². The molecule has 0 amide bonds. The van der Waals surface area contributed by atoms with Crippen LogP contribution in [0.4, 0.5) is 0 Å². The molecule has 0 aliphatic carbocycles. The molecule has 0 saturated carbocycles.